The summed E-state index contributed by atoms with van der Waals surface area (Å²) in [5.74, 6) is -0.179. The molecule has 0 atom stereocenters. The molecule has 106 valence electrons. The van der Waals surface area contributed by atoms with E-state index in [1.165, 1.54) is 11.3 Å². The molecule has 0 radical (unpaired) electrons. The van der Waals surface area contributed by atoms with E-state index in [-0.39, 0.29) is 5.91 Å². The number of carbonyl (C=O) groups is 1. The number of nitrogens with zero attached hydrogens (tertiary/aromatic N) is 1. The Bertz CT molecular complexity index is 615. The number of benzene rings is 1. The number of nitrogens with one attached hydrogen (secondary N) is 2. The number of aromatic nitrogens is 1. The number of anilines is 1. The lowest BCUT2D eigenvalue weighted by Gasteiger charge is -2.09. The van der Waals surface area contributed by atoms with Gasteiger partial charge in [-0.2, -0.15) is 0 Å². The molecule has 0 spiro atoms. The Morgan fingerprint density at radius 2 is 2.20 bits per heavy atom. The largest absolute Gasteiger partial charge is 0.380 e. The van der Waals surface area contributed by atoms with Crippen molar-refractivity contribution in [2.75, 3.05) is 11.9 Å². The van der Waals surface area contributed by atoms with Gasteiger partial charge in [-0.3, -0.25) is 4.79 Å². The molecule has 0 aliphatic rings. The monoisotopic (exact) mass is 329 g/mol. The summed E-state index contributed by atoms with van der Waals surface area (Å²) in [7, 11) is 0. The first-order valence-electron chi connectivity index (χ1n) is 6.02. The fourth-order valence-corrected chi connectivity index (χ4v) is 2.74. The van der Waals surface area contributed by atoms with Gasteiger partial charge in [-0.15, -0.1) is 11.3 Å². The van der Waals surface area contributed by atoms with Crippen molar-refractivity contribution in [2.45, 2.75) is 13.5 Å². The smallest absolute Gasteiger partial charge is 0.252 e. The van der Waals surface area contributed by atoms with Gasteiger partial charge in [-0.25, -0.2) is 4.98 Å². The van der Waals surface area contributed by atoms with Gasteiger partial charge in [0.25, 0.3) is 5.91 Å². The molecule has 20 heavy (non-hydrogen) atoms. The molecule has 2 rings (SSSR count). The van der Waals surface area contributed by atoms with E-state index in [4.69, 9.17) is 23.2 Å². The van der Waals surface area contributed by atoms with Gasteiger partial charge in [0.05, 0.1) is 17.1 Å². The van der Waals surface area contributed by atoms with Crippen molar-refractivity contribution in [2.24, 2.45) is 0 Å². The molecule has 0 fully saturated rings. The summed E-state index contributed by atoms with van der Waals surface area (Å²) in [5, 5.41) is 6.38. The Morgan fingerprint density at radius 3 is 2.85 bits per heavy atom. The minimum absolute atomic E-state index is 0.179. The highest BCUT2D eigenvalue weighted by atomic mass is 35.5. The van der Waals surface area contributed by atoms with Crippen LogP contribution in [0.5, 0.6) is 0 Å². The molecule has 7 heteroatoms. The molecule has 0 bridgehead atoms. The van der Waals surface area contributed by atoms with Crippen LogP contribution < -0.4 is 10.6 Å². The predicted octanol–water partition coefficient (Wildman–Crippen LogP) is 3.81. The van der Waals surface area contributed by atoms with Crippen LogP contribution in [0.2, 0.25) is 9.49 Å². The number of rotatable bonds is 5. The molecular formula is C13H13Cl2N3OS. The third-order valence-corrected chi connectivity index (χ3v) is 3.98. The number of halogens is 2. The minimum atomic E-state index is -0.179. The molecule has 1 aromatic carbocycles. The quantitative estimate of drug-likeness (QED) is 0.876. The molecule has 1 heterocycles. The molecule has 0 saturated heterocycles. The van der Waals surface area contributed by atoms with Crippen LogP contribution >= 0.6 is 34.5 Å². The van der Waals surface area contributed by atoms with Crippen LogP contribution in [0, 0.1) is 0 Å². The van der Waals surface area contributed by atoms with Gasteiger partial charge in [0.2, 0.25) is 0 Å². The zero-order chi connectivity index (χ0) is 14.5. The molecule has 0 aliphatic heterocycles. The summed E-state index contributed by atoms with van der Waals surface area (Å²) in [5.41, 5.74) is 1.28. The van der Waals surface area contributed by atoms with E-state index >= 15 is 0 Å². The third kappa shape index (κ3) is 3.85. The summed E-state index contributed by atoms with van der Waals surface area (Å²) in [6, 6.07) is 5.26. The maximum absolute atomic E-state index is 11.8. The number of carbonyl (C=O) groups excluding carboxylic acids is 1. The Kier molecular flexibility index (Phi) is 5.23. The summed E-state index contributed by atoms with van der Waals surface area (Å²) in [6.07, 6.45) is 1.72. The number of amides is 1. The molecule has 0 saturated carbocycles. The molecule has 1 aromatic heterocycles. The van der Waals surface area contributed by atoms with Crippen LogP contribution in [0.3, 0.4) is 0 Å². The topological polar surface area (TPSA) is 54.0 Å². The zero-order valence-corrected chi connectivity index (χ0v) is 13.1. The first-order valence-corrected chi connectivity index (χ1v) is 7.59. The first-order chi connectivity index (χ1) is 9.60. The summed E-state index contributed by atoms with van der Waals surface area (Å²) in [4.78, 5) is 16.8. The van der Waals surface area contributed by atoms with Crippen LogP contribution in [0.4, 0.5) is 5.69 Å². The van der Waals surface area contributed by atoms with Gasteiger partial charge >= 0.3 is 0 Å². The summed E-state index contributed by atoms with van der Waals surface area (Å²) in [6.45, 7) is 3.02. The molecule has 1 amide bonds. The van der Waals surface area contributed by atoms with Crippen LogP contribution in [0.25, 0.3) is 0 Å². The maximum atomic E-state index is 11.8. The molecule has 2 N–H and O–H groups in total. The van der Waals surface area contributed by atoms with Gasteiger partial charge < -0.3 is 10.6 Å². The zero-order valence-electron chi connectivity index (χ0n) is 10.7. The van der Waals surface area contributed by atoms with E-state index in [2.05, 4.69) is 15.6 Å². The van der Waals surface area contributed by atoms with Gasteiger partial charge in [0.15, 0.2) is 4.47 Å². The highest BCUT2D eigenvalue weighted by Gasteiger charge is 2.10. The summed E-state index contributed by atoms with van der Waals surface area (Å²) >= 11 is 13.2. The van der Waals surface area contributed by atoms with E-state index in [9.17, 15) is 4.79 Å². The van der Waals surface area contributed by atoms with Crippen molar-refractivity contribution < 1.29 is 4.79 Å². The summed E-state index contributed by atoms with van der Waals surface area (Å²) < 4.78 is 0.515. The van der Waals surface area contributed by atoms with Gasteiger partial charge in [0.1, 0.15) is 0 Å². The molecular weight excluding hydrogens is 317 g/mol. The van der Waals surface area contributed by atoms with E-state index in [1.807, 2.05) is 13.0 Å². The first kappa shape index (κ1) is 15.1. The van der Waals surface area contributed by atoms with Gasteiger partial charge in [-0.05, 0) is 25.1 Å². The van der Waals surface area contributed by atoms with Crippen molar-refractivity contribution in [3.63, 3.8) is 0 Å². The van der Waals surface area contributed by atoms with Crippen molar-refractivity contribution in [1.82, 2.24) is 10.3 Å². The van der Waals surface area contributed by atoms with Crippen LogP contribution in [0.15, 0.2) is 24.4 Å². The SMILES string of the molecule is CCNC(=O)c1cc(NCc2cnc(Cl)s2)ccc1Cl. The second-order valence-corrected chi connectivity index (χ2v) is 6.09. The fourth-order valence-electron chi connectivity index (χ4n) is 1.62. The Hall–Kier alpha value is -1.30. The number of thiazole rings is 1. The average molecular weight is 330 g/mol. The standard InChI is InChI=1S/C13H13Cl2N3OS/c1-2-16-12(19)10-5-8(3-4-11(10)14)17-6-9-7-18-13(15)20-9/h3-5,7,17H,2,6H2,1H3,(H,16,19). The molecule has 4 nitrogen and oxygen atoms in total. The Labute approximate surface area is 131 Å². The second kappa shape index (κ2) is 6.92. The van der Waals surface area contributed by atoms with Crippen molar-refractivity contribution in [1.29, 1.82) is 0 Å². The van der Waals surface area contributed by atoms with E-state index in [1.54, 1.807) is 18.3 Å². The Morgan fingerprint density at radius 1 is 1.40 bits per heavy atom. The predicted molar refractivity (Wildman–Crippen MR) is 83.9 cm³/mol. The third-order valence-electron chi connectivity index (χ3n) is 2.54. The number of hydrogen-bond acceptors (Lipinski definition) is 4. The Balaban J connectivity index is 2.08. The lowest BCUT2D eigenvalue weighted by molar-refractivity contribution is 0.0956. The van der Waals surface area contributed by atoms with E-state index in [0.29, 0.717) is 28.1 Å². The van der Waals surface area contributed by atoms with Crippen molar-refractivity contribution >= 4 is 46.1 Å². The van der Waals surface area contributed by atoms with Crippen molar-refractivity contribution in [3.8, 4) is 0 Å². The minimum Gasteiger partial charge on any atom is -0.380 e. The normalized spacial score (nSPS) is 10.3. The lowest BCUT2D eigenvalue weighted by atomic mass is 10.2. The average Bonchev–Trinajstić information content (AvgIpc) is 2.84. The molecule has 0 aliphatic carbocycles. The highest BCUT2D eigenvalue weighted by molar-refractivity contribution is 7.15. The highest BCUT2D eigenvalue weighted by Crippen LogP contribution is 2.22. The van der Waals surface area contributed by atoms with E-state index < -0.39 is 0 Å². The molecule has 2 aromatic rings. The van der Waals surface area contributed by atoms with Crippen molar-refractivity contribution in [3.05, 3.63) is 44.3 Å². The fraction of sp³-hybridized carbons (Fsp3) is 0.231. The van der Waals surface area contributed by atoms with E-state index in [0.717, 1.165) is 10.6 Å². The van der Waals surface area contributed by atoms with Crippen LogP contribution in [-0.4, -0.2) is 17.4 Å². The lowest BCUT2D eigenvalue weighted by Crippen LogP contribution is -2.23. The van der Waals surface area contributed by atoms with Gasteiger partial charge in [0, 0.05) is 23.3 Å². The maximum Gasteiger partial charge on any atom is 0.252 e. The van der Waals surface area contributed by atoms with Crippen LogP contribution in [0.1, 0.15) is 22.2 Å². The van der Waals surface area contributed by atoms with Crippen LogP contribution in [-0.2, 0) is 6.54 Å². The van der Waals surface area contributed by atoms with Gasteiger partial charge in [-0.1, -0.05) is 23.2 Å². The molecule has 0 unspecified atom stereocenters. The number of hydrogen-bond donors (Lipinski definition) is 2. The second-order valence-electron chi connectivity index (χ2n) is 3.99.